The second-order valence-electron chi connectivity index (χ2n) is 5.74. The second-order valence-corrected chi connectivity index (χ2v) is 7.17. The largest absolute Gasteiger partial charge is 0.321 e. The van der Waals surface area contributed by atoms with Crippen LogP contribution in [-0.2, 0) is 0 Å². The Labute approximate surface area is 149 Å². The number of nitrogens with one attached hydrogen (secondary N) is 1. The first-order valence-corrected chi connectivity index (χ1v) is 8.98. The minimum absolute atomic E-state index is 0.266. The van der Waals surface area contributed by atoms with Crippen LogP contribution in [0.3, 0.4) is 0 Å². The molecule has 0 bridgehead atoms. The zero-order chi connectivity index (χ0) is 17.3. The van der Waals surface area contributed by atoms with Gasteiger partial charge in [-0.05, 0) is 42.2 Å². The minimum Gasteiger partial charge on any atom is -0.321 e. The van der Waals surface area contributed by atoms with E-state index >= 15 is 0 Å². The summed E-state index contributed by atoms with van der Waals surface area (Å²) in [6.07, 6.45) is 0.982. The van der Waals surface area contributed by atoms with Crippen molar-refractivity contribution < 1.29 is 9.18 Å². The number of hydrogen-bond donors (Lipinski definition) is 1. The van der Waals surface area contributed by atoms with Crippen LogP contribution in [0.25, 0.3) is 10.1 Å². The van der Waals surface area contributed by atoms with Crippen LogP contribution >= 0.6 is 22.9 Å². The van der Waals surface area contributed by atoms with E-state index in [1.165, 1.54) is 23.5 Å². The number of carbonyl (C=O) groups excluding carboxylic acids is 1. The van der Waals surface area contributed by atoms with E-state index in [9.17, 15) is 9.18 Å². The van der Waals surface area contributed by atoms with Gasteiger partial charge in [0.2, 0.25) is 0 Å². The molecule has 0 saturated carbocycles. The standard InChI is InChI=1S/C19H17ClFNOS/c1-3-11(2)13-6-4-5-7-15(13)22-19(23)18-17(20)14-9-8-12(21)10-16(14)24-18/h4-11H,3H2,1-2H3,(H,22,23)/t11-/m0/s1. The average molecular weight is 362 g/mol. The van der Waals surface area contributed by atoms with Crippen LogP contribution in [0.5, 0.6) is 0 Å². The van der Waals surface area contributed by atoms with Crippen molar-refractivity contribution in [3.05, 3.63) is 63.7 Å². The van der Waals surface area contributed by atoms with Crippen molar-refractivity contribution in [3.63, 3.8) is 0 Å². The number of fused-ring (bicyclic) bond motifs is 1. The van der Waals surface area contributed by atoms with E-state index in [0.717, 1.165) is 17.7 Å². The highest BCUT2D eigenvalue weighted by Crippen LogP contribution is 2.36. The first-order chi connectivity index (χ1) is 11.5. The van der Waals surface area contributed by atoms with E-state index < -0.39 is 0 Å². The summed E-state index contributed by atoms with van der Waals surface area (Å²) < 4.78 is 14.0. The molecule has 24 heavy (non-hydrogen) atoms. The topological polar surface area (TPSA) is 29.1 Å². The molecule has 1 atom stereocenters. The molecule has 0 aliphatic carbocycles. The van der Waals surface area contributed by atoms with Crippen LogP contribution in [0.4, 0.5) is 10.1 Å². The summed E-state index contributed by atoms with van der Waals surface area (Å²) in [4.78, 5) is 13.1. The van der Waals surface area contributed by atoms with Crippen LogP contribution in [-0.4, -0.2) is 5.91 Å². The van der Waals surface area contributed by atoms with Crippen LogP contribution < -0.4 is 5.32 Å². The third-order valence-corrected chi connectivity index (χ3v) is 5.81. The second kappa shape index (κ2) is 6.91. The lowest BCUT2D eigenvalue weighted by Gasteiger charge is -2.15. The summed E-state index contributed by atoms with van der Waals surface area (Å²) in [6.45, 7) is 4.24. The molecule has 0 fully saturated rings. The van der Waals surface area contributed by atoms with E-state index in [1.807, 2.05) is 24.3 Å². The maximum Gasteiger partial charge on any atom is 0.267 e. The highest BCUT2D eigenvalue weighted by molar-refractivity contribution is 7.21. The van der Waals surface area contributed by atoms with Crippen molar-refractivity contribution in [2.24, 2.45) is 0 Å². The predicted molar refractivity (Wildman–Crippen MR) is 99.9 cm³/mol. The zero-order valence-corrected chi connectivity index (χ0v) is 15.0. The summed E-state index contributed by atoms with van der Waals surface area (Å²) in [7, 11) is 0. The summed E-state index contributed by atoms with van der Waals surface area (Å²) in [5, 5.41) is 4.02. The van der Waals surface area contributed by atoms with Gasteiger partial charge in [0.1, 0.15) is 10.7 Å². The Morgan fingerprint density at radius 3 is 2.79 bits per heavy atom. The predicted octanol–water partition coefficient (Wildman–Crippen LogP) is 6.46. The van der Waals surface area contributed by atoms with E-state index in [1.54, 1.807) is 6.07 Å². The number of halogens is 2. The Morgan fingerprint density at radius 2 is 2.04 bits per heavy atom. The molecule has 0 aliphatic rings. The molecule has 1 heterocycles. The molecule has 5 heteroatoms. The van der Waals surface area contributed by atoms with Gasteiger partial charge in [0.15, 0.2) is 0 Å². The molecule has 3 rings (SSSR count). The van der Waals surface area contributed by atoms with E-state index in [-0.39, 0.29) is 11.7 Å². The molecule has 0 spiro atoms. The van der Waals surface area contributed by atoms with Gasteiger partial charge in [-0.1, -0.05) is 43.6 Å². The normalized spacial score (nSPS) is 12.3. The van der Waals surface area contributed by atoms with Gasteiger partial charge in [0.05, 0.1) is 5.02 Å². The number of amides is 1. The van der Waals surface area contributed by atoms with Crippen LogP contribution in [0.1, 0.15) is 41.4 Å². The number of rotatable bonds is 4. The summed E-state index contributed by atoms with van der Waals surface area (Å²) in [5.74, 6) is -0.264. The number of carbonyl (C=O) groups is 1. The van der Waals surface area contributed by atoms with Crippen LogP contribution in [0.15, 0.2) is 42.5 Å². The van der Waals surface area contributed by atoms with Crippen molar-refractivity contribution >= 4 is 44.6 Å². The Kier molecular flexibility index (Phi) is 4.88. The number of anilines is 1. The number of benzene rings is 2. The number of hydrogen-bond acceptors (Lipinski definition) is 2. The van der Waals surface area contributed by atoms with Gasteiger partial charge in [0.25, 0.3) is 5.91 Å². The Bertz CT molecular complexity index is 906. The molecule has 1 aromatic heterocycles. The Morgan fingerprint density at radius 1 is 1.29 bits per heavy atom. The zero-order valence-electron chi connectivity index (χ0n) is 13.4. The molecule has 0 radical (unpaired) electrons. The van der Waals surface area contributed by atoms with Crippen molar-refractivity contribution in [1.29, 1.82) is 0 Å². The molecule has 0 unspecified atom stereocenters. The fourth-order valence-corrected chi connectivity index (χ4v) is 4.06. The van der Waals surface area contributed by atoms with Gasteiger partial charge < -0.3 is 5.32 Å². The smallest absolute Gasteiger partial charge is 0.267 e. The quantitative estimate of drug-likeness (QED) is 0.567. The van der Waals surface area contributed by atoms with Gasteiger partial charge in [0, 0.05) is 15.8 Å². The van der Waals surface area contributed by atoms with Crippen molar-refractivity contribution in [3.8, 4) is 0 Å². The lowest BCUT2D eigenvalue weighted by molar-refractivity contribution is 0.103. The molecule has 2 nitrogen and oxygen atoms in total. The molecular formula is C19H17ClFNOS. The average Bonchev–Trinajstić information content (AvgIpc) is 2.90. The molecule has 0 saturated heterocycles. The SMILES string of the molecule is CC[C@H](C)c1ccccc1NC(=O)c1sc2cc(F)ccc2c1Cl. The summed E-state index contributed by atoms with van der Waals surface area (Å²) >= 11 is 7.53. The molecule has 2 aromatic carbocycles. The first-order valence-electron chi connectivity index (χ1n) is 7.79. The maximum absolute atomic E-state index is 13.4. The monoisotopic (exact) mass is 361 g/mol. The molecular weight excluding hydrogens is 345 g/mol. The Balaban J connectivity index is 1.95. The number of thiophene rings is 1. The lowest BCUT2D eigenvalue weighted by atomic mass is 9.97. The van der Waals surface area contributed by atoms with Gasteiger partial charge in [-0.3, -0.25) is 4.79 Å². The summed E-state index contributed by atoms with van der Waals surface area (Å²) in [6, 6.07) is 12.1. The molecule has 124 valence electrons. The minimum atomic E-state index is -0.338. The molecule has 3 aromatic rings. The number of para-hydroxylation sites is 1. The van der Waals surface area contributed by atoms with Crippen molar-refractivity contribution in [2.45, 2.75) is 26.2 Å². The highest BCUT2D eigenvalue weighted by atomic mass is 35.5. The Hall–Kier alpha value is -1.91. The third-order valence-electron chi connectivity index (χ3n) is 4.15. The lowest BCUT2D eigenvalue weighted by Crippen LogP contribution is -2.13. The third kappa shape index (κ3) is 3.17. The fourth-order valence-electron chi connectivity index (χ4n) is 2.62. The maximum atomic E-state index is 13.4. The van der Waals surface area contributed by atoms with Crippen LogP contribution in [0, 0.1) is 5.82 Å². The van der Waals surface area contributed by atoms with E-state index in [4.69, 9.17) is 11.6 Å². The first kappa shape index (κ1) is 16.9. The molecule has 0 aliphatic heterocycles. The van der Waals surface area contributed by atoms with Gasteiger partial charge in [-0.2, -0.15) is 0 Å². The van der Waals surface area contributed by atoms with Gasteiger partial charge in [-0.15, -0.1) is 11.3 Å². The highest BCUT2D eigenvalue weighted by Gasteiger charge is 2.19. The van der Waals surface area contributed by atoms with Crippen molar-refractivity contribution in [2.75, 3.05) is 5.32 Å². The van der Waals surface area contributed by atoms with Gasteiger partial charge in [-0.25, -0.2) is 4.39 Å². The fraction of sp³-hybridized carbons (Fsp3) is 0.211. The van der Waals surface area contributed by atoms with E-state index in [0.29, 0.717) is 25.9 Å². The van der Waals surface area contributed by atoms with Crippen LogP contribution in [0.2, 0.25) is 5.02 Å². The molecule has 1 N–H and O–H groups in total. The molecule has 1 amide bonds. The van der Waals surface area contributed by atoms with Gasteiger partial charge >= 0.3 is 0 Å². The van der Waals surface area contributed by atoms with Crippen molar-refractivity contribution in [1.82, 2.24) is 0 Å². The van der Waals surface area contributed by atoms with E-state index in [2.05, 4.69) is 19.2 Å². The summed E-state index contributed by atoms with van der Waals surface area (Å²) in [5.41, 5.74) is 1.88.